The van der Waals surface area contributed by atoms with Gasteiger partial charge in [0.1, 0.15) is 4.90 Å². The van der Waals surface area contributed by atoms with Gasteiger partial charge in [-0.1, -0.05) is 23.2 Å². The number of ether oxygens (including phenoxy) is 1. The van der Waals surface area contributed by atoms with Crippen molar-refractivity contribution in [3.63, 3.8) is 0 Å². The number of rotatable bonds is 6. The largest absolute Gasteiger partial charge is 0.449 e. The maximum atomic E-state index is 12.2. The number of carbonyl (C=O) groups excluding carboxylic acids is 2. The first-order valence-corrected chi connectivity index (χ1v) is 10.5. The van der Waals surface area contributed by atoms with Crippen LogP contribution < -0.4 is 5.32 Å². The van der Waals surface area contributed by atoms with Crippen LogP contribution >= 0.6 is 23.2 Å². The van der Waals surface area contributed by atoms with Crippen molar-refractivity contribution in [1.29, 1.82) is 0 Å². The maximum absolute atomic E-state index is 12.2. The average molecular weight is 461 g/mol. The lowest BCUT2D eigenvalue weighted by atomic mass is 10.2. The van der Waals surface area contributed by atoms with Crippen LogP contribution in [0.5, 0.6) is 0 Å². The zero-order chi connectivity index (χ0) is 21.9. The monoisotopic (exact) mass is 460 g/mol. The summed E-state index contributed by atoms with van der Waals surface area (Å²) in [6.45, 7) is 1.28. The van der Waals surface area contributed by atoms with Crippen LogP contribution in [0.2, 0.25) is 10.0 Å². The molecule has 12 heteroatoms. The summed E-state index contributed by atoms with van der Waals surface area (Å²) >= 11 is 11.8. The Kier molecular flexibility index (Phi) is 6.83. The highest BCUT2D eigenvalue weighted by Gasteiger charge is 2.26. The Labute approximate surface area is 175 Å². The molecular weight excluding hydrogens is 447 g/mol. The molecule has 0 aliphatic rings. The van der Waals surface area contributed by atoms with E-state index in [2.05, 4.69) is 5.32 Å². The van der Waals surface area contributed by atoms with Crippen molar-refractivity contribution >= 4 is 56.3 Å². The van der Waals surface area contributed by atoms with Crippen molar-refractivity contribution in [2.24, 2.45) is 0 Å². The van der Waals surface area contributed by atoms with Gasteiger partial charge in [-0.2, -0.15) is 0 Å². The Bertz CT molecular complexity index is 1100. The van der Waals surface area contributed by atoms with Gasteiger partial charge in [0.25, 0.3) is 11.6 Å². The molecule has 0 spiro atoms. The predicted molar refractivity (Wildman–Crippen MR) is 106 cm³/mol. The van der Waals surface area contributed by atoms with E-state index in [-0.39, 0.29) is 16.3 Å². The van der Waals surface area contributed by atoms with E-state index in [9.17, 15) is 28.1 Å². The van der Waals surface area contributed by atoms with Gasteiger partial charge in [-0.3, -0.25) is 14.9 Å². The normalized spacial score (nSPS) is 12.1. The lowest BCUT2D eigenvalue weighted by molar-refractivity contribution is -0.387. The number of nitro benzene ring substituents is 1. The number of benzene rings is 2. The first-order valence-electron chi connectivity index (χ1n) is 7.85. The van der Waals surface area contributed by atoms with Gasteiger partial charge in [-0.15, -0.1) is 0 Å². The SMILES string of the molecule is C[C@H](OC(=O)c1ccc(S(C)(=O)=O)c([N+](=O)[O-])c1)C(=O)Nc1cc(Cl)ccc1Cl. The topological polar surface area (TPSA) is 133 Å². The number of hydrogen-bond acceptors (Lipinski definition) is 7. The number of halogens is 2. The molecule has 154 valence electrons. The molecule has 0 bridgehead atoms. The number of esters is 1. The summed E-state index contributed by atoms with van der Waals surface area (Å²) in [7, 11) is -3.88. The summed E-state index contributed by atoms with van der Waals surface area (Å²) in [4.78, 5) is 34.1. The first-order chi connectivity index (χ1) is 13.4. The van der Waals surface area contributed by atoms with Gasteiger partial charge in [0.2, 0.25) is 0 Å². The standard InChI is InChI=1S/C17H14Cl2N2O7S/c1-9(16(22)20-13-8-11(18)4-5-12(13)19)28-17(23)10-3-6-15(29(2,26)27)14(7-10)21(24)25/h3-9H,1-2H3,(H,20,22)/t9-/m0/s1. The Morgan fingerprint density at radius 1 is 1.17 bits per heavy atom. The van der Waals surface area contributed by atoms with Gasteiger partial charge in [0.05, 0.1) is 21.2 Å². The van der Waals surface area contributed by atoms with E-state index in [0.29, 0.717) is 5.02 Å². The Morgan fingerprint density at radius 3 is 2.41 bits per heavy atom. The molecule has 2 aromatic carbocycles. The zero-order valence-corrected chi connectivity index (χ0v) is 17.3. The molecular formula is C17H14Cl2N2O7S. The van der Waals surface area contributed by atoms with Crippen molar-refractivity contribution in [3.8, 4) is 0 Å². The Balaban J connectivity index is 2.18. The van der Waals surface area contributed by atoms with Crippen molar-refractivity contribution in [2.75, 3.05) is 11.6 Å². The minimum atomic E-state index is -3.88. The van der Waals surface area contributed by atoms with Gasteiger partial charge < -0.3 is 10.1 Å². The fourth-order valence-electron chi connectivity index (χ4n) is 2.21. The fourth-order valence-corrected chi connectivity index (χ4v) is 3.38. The summed E-state index contributed by atoms with van der Waals surface area (Å²) in [6, 6.07) is 7.17. The number of hydrogen-bond donors (Lipinski definition) is 1. The number of amides is 1. The summed E-state index contributed by atoms with van der Waals surface area (Å²) in [5.74, 6) is -1.77. The molecule has 0 heterocycles. The van der Waals surface area contributed by atoms with Crippen LogP contribution in [0, 0.1) is 10.1 Å². The molecule has 0 unspecified atom stereocenters. The van der Waals surface area contributed by atoms with Crippen molar-refractivity contribution in [1.82, 2.24) is 0 Å². The number of nitrogens with one attached hydrogen (secondary N) is 1. The molecule has 29 heavy (non-hydrogen) atoms. The molecule has 0 aromatic heterocycles. The highest BCUT2D eigenvalue weighted by atomic mass is 35.5. The number of anilines is 1. The lowest BCUT2D eigenvalue weighted by Crippen LogP contribution is -2.30. The molecule has 0 saturated carbocycles. The van der Waals surface area contributed by atoms with E-state index in [1.54, 1.807) is 0 Å². The average Bonchev–Trinajstić information content (AvgIpc) is 2.63. The van der Waals surface area contributed by atoms with Crippen molar-refractivity contribution < 1.29 is 27.7 Å². The van der Waals surface area contributed by atoms with Gasteiger partial charge in [-0.25, -0.2) is 13.2 Å². The highest BCUT2D eigenvalue weighted by molar-refractivity contribution is 7.90. The van der Waals surface area contributed by atoms with Crippen molar-refractivity contribution in [2.45, 2.75) is 17.9 Å². The minimum absolute atomic E-state index is 0.209. The molecule has 2 rings (SSSR count). The molecule has 2 aromatic rings. The second-order valence-corrected chi connectivity index (χ2v) is 8.70. The summed E-state index contributed by atoms with van der Waals surface area (Å²) in [6.07, 6.45) is -0.480. The van der Waals surface area contributed by atoms with Crippen molar-refractivity contribution in [3.05, 3.63) is 62.1 Å². The van der Waals surface area contributed by atoms with E-state index in [4.69, 9.17) is 27.9 Å². The summed E-state index contributed by atoms with van der Waals surface area (Å²) in [5, 5.41) is 14.1. The molecule has 0 aliphatic heterocycles. The molecule has 0 aliphatic carbocycles. The third-order valence-electron chi connectivity index (χ3n) is 3.63. The molecule has 1 amide bonds. The molecule has 0 saturated heterocycles. The van der Waals surface area contributed by atoms with Crippen LogP contribution in [0.25, 0.3) is 0 Å². The fraction of sp³-hybridized carbons (Fsp3) is 0.176. The number of carbonyl (C=O) groups is 2. The van der Waals surface area contributed by atoms with Crippen LogP contribution in [-0.4, -0.2) is 37.6 Å². The first kappa shape index (κ1) is 22.6. The number of sulfone groups is 1. The van der Waals surface area contributed by atoms with E-state index in [1.165, 1.54) is 25.1 Å². The molecule has 0 fully saturated rings. The quantitative estimate of drug-likeness (QED) is 0.396. The van der Waals surface area contributed by atoms with E-state index in [0.717, 1.165) is 24.5 Å². The van der Waals surface area contributed by atoms with Crippen LogP contribution in [0.4, 0.5) is 11.4 Å². The van der Waals surface area contributed by atoms with Gasteiger partial charge in [0.15, 0.2) is 15.9 Å². The van der Waals surface area contributed by atoms with Gasteiger partial charge >= 0.3 is 5.97 Å². The van der Waals surface area contributed by atoms with Crippen LogP contribution in [0.15, 0.2) is 41.3 Å². The smallest absolute Gasteiger partial charge is 0.339 e. The van der Waals surface area contributed by atoms with Gasteiger partial charge in [-0.05, 0) is 37.3 Å². The highest BCUT2D eigenvalue weighted by Crippen LogP contribution is 2.27. The number of nitro groups is 1. The second kappa shape index (κ2) is 8.76. The van der Waals surface area contributed by atoms with Crippen LogP contribution in [0.1, 0.15) is 17.3 Å². The number of nitrogens with zero attached hydrogens (tertiary/aromatic N) is 1. The third-order valence-corrected chi connectivity index (χ3v) is 5.34. The molecule has 1 N–H and O–H groups in total. The third kappa shape index (κ3) is 5.66. The Morgan fingerprint density at radius 2 is 1.83 bits per heavy atom. The molecule has 0 radical (unpaired) electrons. The predicted octanol–water partition coefficient (Wildman–Crippen LogP) is 3.49. The van der Waals surface area contributed by atoms with E-state index >= 15 is 0 Å². The summed E-state index contributed by atoms with van der Waals surface area (Å²) in [5.41, 5.74) is -0.852. The van der Waals surface area contributed by atoms with E-state index < -0.39 is 43.3 Å². The lowest BCUT2D eigenvalue weighted by Gasteiger charge is -2.14. The Hall–Kier alpha value is -2.69. The van der Waals surface area contributed by atoms with Crippen LogP contribution in [0.3, 0.4) is 0 Å². The second-order valence-electron chi connectivity index (χ2n) is 5.87. The minimum Gasteiger partial charge on any atom is -0.449 e. The summed E-state index contributed by atoms with van der Waals surface area (Å²) < 4.78 is 28.3. The maximum Gasteiger partial charge on any atom is 0.339 e. The van der Waals surface area contributed by atoms with Crippen LogP contribution in [-0.2, 0) is 19.4 Å². The zero-order valence-electron chi connectivity index (χ0n) is 15.0. The molecule has 9 nitrogen and oxygen atoms in total. The molecule has 1 atom stereocenters. The van der Waals surface area contributed by atoms with Gasteiger partial charge in [0, 0.05) is 17.3 Å². The van der Waals surface area contributed by atoms with E-state index in [1.807, 2.05) is 0 Å².